The fraction of sp³-hybridized carbons (Fsp3) is 0.455. The van der Waals surface area contributed by atoms with Crippen molar-refractivity contribution in [3.8, 4) is 0 Å². The Morgan fingerprint density at radius 2 is 2.35 bits per heavy atom. The summed E-state index contributed by atoms with van der Waals surface area (Å²) >= 11 is 0. The van der Waals surface area contributed by atoms with Crippen LogP contribution in [0.25, 0.3) is 0 Å². The number of nitrogen functional groups attached to an aromatic ring is 1. The van der Waals surface area contributed by atoms with Crippen molar-refractivity contribution in [1.29, 1.82) is 0 Å². The molecular weight excluding hydrogens is 218 g/mol. The van der Waals surface area contributed by atoms with Crippen LogP contribution < -0.4 is 16.6 Å². The predicted octanol–water partition coefficient (Wildman–Crippen LogP) is -0.0649. The summed E-state index contributed by atoms with van der Waals surface area (Å²) in [5, 5.41) is 2.61. The van der Waals surface area contributed by atoms with Crippen molar-refractivity contribution in [3.63, 3.8) is 0 Å². The molecule has 0 atom stereocenters. The first-order chi connectivity index (χ1) is 8.19. The molecule has 1 rings (SSSR count). The highest BCUT2D eigenvalue weighted by molar-refractivity contribution is 5.77. The molecule has 0 saturated heterocycles. The summed E-state index contributed by atoms with van der Waals surface area (Å²) in [4.78, 5) is 17.4. The molecule has 17 heavy (non-hydrogen) atoms. The van der Waals surface area contributed by atoms with Gasteiger partial charge in [0, 0.05) is 19.8 Å². The van der Waals surface area contributed by atoms with Gasteiger partial charge in [0.1, 0.15) is 5.82 Å². The molecule has 0 bridgehead atoms. The van der Waals surface area contributed by atoms with Gasteiger partial charge in [-0.25, -0.2) is 10.8 Å². The van der Waals surface area contributed by atoms with Crippen LogP contribution in [0.1, 0.15) is 12.5 Å². The predicted molar refractivity (Wildman–Crippen MR) is 67.1 cm³/mol. The molecule has 1 aromatic heterocycles. The summed E-state index contributed by atoms with van der Waals surface area (Å²) in [5.74, 6) is 5.93. The second kappa shape index (κ2) is 6.82. The smallest absolute Gasteiger partial charge is 0.233 e. The molecule has 0 radical (unpaired) electrons. The molecule has 0 unspecified atom stereocenters. The van der Waals surface area contributed by atoms with Crippen LogP contribution in [0.3, 0.4) is 0 Å². The standard InChI is InChI=1S/C11H19N5O/c1-3-16(8-11(17)13-2)7-9-4-5-14-10(6-9)15-12/h4-6H,3,7-8,12H2,1-2H3,(H,13,17)(H,14,15). The van der Waals surface area contributed by atoms with E-state index in [0.717, 1.165) is 12.1 Å². The largest absolute Gasteiger partial charge is 0.358 e. The van der Waals surface area contributed by atoms with Gasteiger partial charge >= 0.3 is 0 Å². The van der Waals surface area contributed by atoms with Crippen LogP contribution in [0.2, 0.25) is 0 Å². The van der Waals surface area contributed by atoms with Gasteiger partial charge < -0.3 is 10.7 Å². The Morgan fingerprint density at radius 1 is 1.59 bits per heavy atom. The lowest BCUT2D eigenvalue weighted by atomic mass is 10.2. The topological polar surface area (TPSA) is 83.3 Å². The van der Waals surface area contributed by atoms with Crippen LogP contribution in [0.4, 0.5) is 5.82 Å². The van der Waals surface area contributed by atoms with E-state index in [2.05, 4.69) is 15.7 Å². The molecule has 4 N–H and O–H groups in total. The summed E-state index contributed by atoms with van der Waals surface area (Å²) in [7, 11) is 1.64. The lowest BCUT2D eigenvalue weighted by molar-refractivity contribution is -0.121. The van der Waals surface area contributed by atoms with Gasteiger partial charge in [0.2, 0.25) is 5.91 Å². The summed E-state index contributed by atoms with van der Waals surface area (Å²) < 4.78 is 0. The number of hydrogen-bond donors (Lipinski definition) is 3. The number of carbonyl (C=O) groups is 1. The van der Waals surface area contributed by atoms with Crippen LogP contribution in [0.15, 0.2) is 18.3 Å². The number of anilines is 1. The van der Waals surface area contributed by atoms with E-state index in [1.807, 2.05) is 24.0 Å². The number of likely N-dealkylation sites (N-methyl/N-ethyl adjacent to an activating group) is 2. The molecule has 0 saturated carbocycles. The van der Waals surface area contributed by atoms with Crippen molar-refractivity contribution in [2.24, 2.45) is 5.84 Å². The Balaban J connectivity index is 2.63. The number of nitrogens with one attached hydrogen (secondary N) is 2. The van der Waals surface area contributed by atoms with Crippen molar-refractivity contribution >= 4 is 11.7 Å². The van der Waals surface area contributed by atoms with Crippen LogP contribution in [0, 0.1) is 0 Å². The van der Waals surface area contributed by atoms with E-state index in [9.17, 15) is 4.79 Å². The lowest BCUT2D eigenvalue weighted by Gasteiger charge is -2.19. The Bertz CT molecular complexity index is 369. The monoisotopic (exact) mass is 237 g/mol. The summed E-state index contributed by atoms with van der Waals surface area (Å²) in [6.45, 7) is 3.91. The third-order valence-electron chi connectivity index (χ3n) is 2.47. The van der Waals surface area contributed by atoms with E-state index < -0.39 is 0 Å². The second-order valence-electron chi connectivity index (χ2n) is 3.67. The minimum Gasteiger partial charge on any atom is -0.358 e. The van der Waals surface area contributed by atoms with Gasteiger partial charge in [-0.2, -0.15) is 0 Å². The molecule has 1 amide bonds. The average molecular weight is 237 g/mol. The summed E-state index contributed by atoms with van der Waals surface area (Å²) in [6.07, 6.45) is 1.69. The van der Waals surface area contributed by atoms with Crippen LogP contribution in [0.5, 0.6) is 0 Å². The quantitative estimate of drug-likeness (QED) is 0.477. The molecule has 0 aliphatic rings. The van der Waals surface area contributed by atoms with Gasteiger partial charge in [0.05, 0.1) is 6.54 Å². The van der Waals surface area contributed by atoms with Crippen molar-refractivity contribution in [3.05, 3.63) is 23.9 Å². The molecule has 0 spiro atoms. The maximum atomic E-state index is 11.3. The van der Waals surface area contributed by atoms with Crippen molar-refractivity contribution < 1.29 is 4.79 Å². The van der Waals surface area contributed by atoms with E-state index in [1.165, 1.54) is 0 Å². The fourth-order valence-corrected chi connectivity index (χ4v) is 1.47. The number of hydrazine groups is 1. The maximum absolute atomic E-state index is 11.3. The van der Waals surface area contributed by atoms with Crippen LogP contribution in [-0.4, -0.2) is 35.9 Å². The normalized spacial score (nSPS) is 10.4. The zero-order chi connectivity index (χ0) is 12.7. The summed E-state index contributed by atoms with van der Waals surface area (Å²) in [6, 6.07) is 3.78. The van der Waals surface area contributed by atoms with Crippen molar-refractivity contribution in [2.45, 2.75) is 13.5 Å². The SMILES string of the molecule is CCN(CC(=O)NC)Cc1ccnc(NN)c1. The minimum absolute atomic E-state index is 0.0121. The van der Waals surface area contributed by atoms with E-state index >= 15 is 0 Å². The average Bonchev–Trinajstić information content (AvgIpc) is 2.37. The lowest BCUT2D eigenvalue weighted by Crippen LogP contribution is -2.35. The van der Waals surface area contributed by atoms with Crippen LogP contribution in [-0.2, 0) is 11.3 Å². The second-order valence-corrected chi connectivity index (χ2v) is 3.67. The number of carbonyl (C=O) groups excluding carboxylic acids is 1. The Labute approximate surface area is 101 Å². The first kappa shape index (κ1) is 13.4. The maximum Gasteiger partial charge on any atom is 0.233 e. The third-order valence-corrected chi connectivity index (χ3v) is 2.47. The highest BCUT2D eigenvalue weighted by atomic mass is 16.1. The molecule has 94 valence electrons. The molecular formula is C11H19N5O. The van der Waals surface area contributed by atoms with Crippen molar-refractivity contribution in [1.82, 2.24) is 15.2 Å². The number of hydrogen-bond acceptors (Lipinski definition) is 5. The molecule has 6 heteroatoms. The molecule has 0 fully saturated rings. The fourth-order valence-electron chi connectivity index (χ4n) is 1.47. The Kier molecular flexibility index (Phi) is 5.38. The first-order valence-electron chi connectivity index (χ1n) is 5.54. The van der Waals surface area contributed by atoms with E-state index in [1.54, 1.807) is 13.2 Å². The molecule has 0 aromatic carbocycles. The van der Waals surface area contributed by atoms with Gasteiger partial charge in [-0.05, 0) is 24.2 Å². The van der Waals surface area contributed by atoms with Gasteiger partial charge in [0.15, 0.2) is 0 Å². The number of amides is 1. The van der Waals surface area contributed by atoms with Gasteiger partial charge in [0.25, 0.3) is 0 Å². The zero-order valence-corrected chi connectivity index (χ0v) is 10.2. The summed E-state index contributed by atoms with van der Waals surface area (Å²) in [5.41, 5.74) is 3.57. The van der Waals surface area contributed by atoms with Crippen LogP contribution >= 0.6 is 0 Å². The molecule has 6 nitrogen and oxygen atoms in total. The van der Waals surface area contributed by atoms with Gasteiger partial charge in [-0.15, -0.1) is 0 Å². The highest BCUT2D eigenvalue weighted by Crippen LogP contribution is 2.08. The Morgan fingerprint density at radius 3 is 2.94 bits per heavy atom. The molecule has 1 aromatic rings. The highest BCUT2D eigenvalue weighted by Gasteiger charge is 2.08. The van der Waals surface area contributed by atoms with Crippen molar-refractivity contribution in [2.75, 3.05) is 25.6 Å². The third kappa shape index (κ3) is 4.38. The molecule has 1 heterocycles. The minimum atomic E-state index is 0.0121. The number of pyridine rings is 1. The molecule has 0 aliphatic heterocycles. The Hall–Kier alpha value is -1.66. The van der Waals surface area contributed by atoms with Gasteiger partial charge in [-0.3, -0.25) is 9.69 Å². The van der Waals surface area contributed by atoms with E-state index in [-0.39, 0.29) is 5.91 Å². The molecule has 0 aliphatic carbocycles. The first-order valence-corrected chi connectivity index (χ1v) is 5.54. The number of nitrogens with zero attached hydrogens (tertiary/aromatic N) is 2. The number of rotatable bonds is 6. The number of aromatic nitrogens is 1. The van der Waals surface area contributed by atoms with E-state index in [0.29, 0.717) is 18.9 Å². The van der Waals surface area contributed by atoms with Gasteiger partial charge in [-0.1, -0.05) is 6.92 Å². The van der Waals surface area contributed by atoms with E-state index in [4.69, 9.17) is 5.84 Å². The zero-order valence-electron chi connectivity index (χ0n) is 10.2. The number of nitrogens with two attached hydrogens (primary N) is 1.